The van der Waals surface area contributed by atoms with E-state index in [0.717, 1.165) is 18.8 Å². The van der Waals surface area contributed by atoms with Crippen LogP contribution in [-0.4, -0.2) is 89.4 Å². The number of carboxylic acid groups (broad SMARTS) is 1. The van der Waals surface area contributed by atoms with Gasteiger partial charge < -0.3 is 30.7 Å². The summed E-state index contributed by atoms with van der Waals surface area (Å²) in [4.78, 5) is 30.5. The van der Waals surface area contributed by atoms with E-state index in [0.29, 0.717) is 53.9 Å². The van der Waals surface area contributed by atoms with Crippen LogP contribution in [-0.2, 0) is 9.53 Å². The number of aromatic nitrogens is 3. The van der Waals surface area contributed by atoms with E-state index in [9.17, 15) is 22.4 Å². The number of carbonyl (C=O) groups excluding carboxylic acids is 1. The van der Waals surface area contributed by atoms with Crippen molar-refractivity contribution < 1.29 is 37.0 Å². The summed E-state index contributed by atoms with van der Waals surface area (Å²) < 4.78 is 52.6. The second-order valence-corrected chi connectivity index (χ2v) is 9.54. The average molecular weight is 588 g/mol. The van der Waals surface area contributed by atoms with Crippen LogP contribution in [0.2, 0.25) is 5.02 Å². The Morgan fingerprint density at radius 1 is 1.15 bits per heavy atom. The van der Waals surface area contributed by atoms with Crippen LogP contribution in [0.5, 0.6) is 0 Å². The number of carbonyl (C=O) groups is 2. The predicted molar refractivity (Wildman–Crippen MR) is 139 cm³/mol. The van der Waals surface area contributed by atoms with Crippen molar-refractivity contribution in [2.75, 3.05) is 54.5 Å². The molecule has 2 aliphatic rings. The molecule has 2 aromatic heterocycles. The Hall–Kier alpha value is -3.69. The first-order valence-electron chi connectivity index (χ1n) is 12.1. The zero-order chi connectivity index (χ0) is 29.0. The molecular weight excluding hydrogens is 562 g/mol. The lowest BCUT2D eigenvalue weighted by Gasteiger charge is -2.33. The van der Waals surface area contributed by atoms with E-state index in [-0.39, 0.29) is 18.5 Å². The van der Waals surface area contributed by atoms with E-state index in [1.807, 2.05) is 12.1 Å². The van der Waals surface area contributed by atoms with Gasteiger partial charge in [0.2, 0.25) is 0 Å². The van der Waals surface area contributed by atoms with Crippen LogP contribution in [0.4, 0.5) is 34.8 Å². The summed E-state index contributed by atoms with van der Waals surface area (Å²) in [6.45, 7) is 3.67. The fourth-order valence-electron chi connectivity index (χ4n) is 4.27. The first-order chi connectivity index (χ1) is 18.9. The summed E-state index contributed by atoms with van der Waals surface area (Å²) in [5.74, 6) is -2.58. The number of alkyl halides is 4. The molecule has 3 aromatic rings. The molecule has 0 saturated carbocycles. The van der Waals surface area contributed by atoms with Crippen molar-refractivity contribution in [1.29, 1.82) is 0 Å². The number of amides is 1. The van der Waals surface area contributed by atoms with Crippen LogP contribution in [0.15, 0.2) is 36.7 Å². The van der Waals surface area contributed by atoms with E-state index in [4.69, 9.17) is 32.0 Å². The molecule has 11 nitrogen and oxygen atoms in total. The summed E-state index contributed by atoms with van der Waals surface area (Å²) >= 11 is 6.46. The standard InChI is InChI=1S/C22H25ClFN7O2.C2HF3O2/c23-18-10-16(29-5-7-33-8-6-29)1-2-19(18)27-22(32)17-11-26-31-4-3-20(28-21(17)31)30-12-14(24)9-15(25)13-30;3-2(4,5)1(6)7/h1-4,10-11,14-15H,5-9,12-13,25H2,(H,27,32);(H,6,7)/t14-,15-;/m1./s1. The number of halogens is 5. The zero-order valence-corrected chi connectivity index (χ0v) is 21.7. The van der Waals surface area contributed by atoms with Crippen molar-refractivity contribution in [3.8, 4) is 0 Å². The Morgan fingerprint density at radius 3 is 2.48 bits per heavy atom. The lowest BCUT2D eigenvalue weighted by Crippen LogP contribution is -2.48. The number of hydrogen-bond acceptors (Lipinski definition) is 8. The maximum atomic E-state index is 14.0. The van der Waals surface area contributed by atoms with E-state index >= 15 is 0 Å². The molecule has 4 N–H and O–H groups in total. The van der Waals surface area contributed by atoms with Gasteiger partial charge in [-0.2, -0.15) is 18.3 Å². The van der Waals surface area contributed by atoms with Crippen LogP contribution >= 0.6 is 11.6 Å². The van der Waals surface area contributed by atoms with E-state index < -0.39 is 18.3 Å². The number of carboxylic acids is 1. The molecule has 0 unspecified atom stereocenters. The number of morpholine rings is 1. The van der Waals surface area contributed by atoms with Gasteiger partial charge in [0.25, 0.3) is 5.91 Å². The van der Waals surface area contributed by atoms with Crippen LogP contribution in [0.25, 0.3) is 5.65 Å². The molecular formula is C24H26ClF4N7O4. The molecule has 1 aromatic carbocycles. The number of ether oxygens (including phenoxy) is 1. The third-order valence-corrected chi connectivity index (χ3v) is 6.49. The average Bonchev–Trinajstić information content (AvgIpc) is 3.33. The van der Waals surface area contributed by atoms with Crippen LogP contribution in [0, 0.1) is 0 Å². The highest BCUT2D eigenvalue weighted by Crippen LogP contribution is 2.29. The number of rotatable bonds is 4. The van der Waals surface area contributed by atoms with Gasteiger partial charge in [0, 0.05) is 37.6 Å². The summed E-state index contributed by atoms with van der Waals surface area (Å²) in [7, 11) is 0. The Bertz CT molecular complexity index is 1360. The van der Waals surface area contributed by atoms with Crippen LogP contribution < -0.4 is 20.9 Å². The van der Waals surface area contributed by atoms with Gasteiger partial charge in [0.15, 0.2) is 5.65 Å². The Kier molecular flexibility index (Phi) is 8.95. The van der Waals surface area contributed by atoms with Crippen molar-refractivity contribution in [2.45, 2.75) is 24.8 Å². The summed E-state index contributed by atoms with van der Waals surface area (Å²) in [5.41, 5.74) is 8.12. The fourth-order valence-corrected chi connectivity index (χ4v) is 4.49. The number of nitrogens with one attached hydrogen (secondary N) is 1. The minimum Gasteiger partial charge on any atom is -0.475 e. The SMILES string of the molecule is N[C@@H]1C[C@@H](F)CN(c2ccn3ncc(C(=O)Nc4ccc(N5CCOCC5)cc4Cl)c3n2)C1.O=C(O)C(F)(F)F. The number of hydrogen-bond donors (Lipinski definition) is 3. The molecule has 2 atom stereocenters. The highest BCUT2D eigenvalue weighted by Gasteiger charge is 2.38. The zero-order valence-electron chi connectivity index (χ0n) is 20.9. The number of nitrogens with two attached hydrogens (primary N) is 1. The third-order valence-electron chi connectivity index (χ3n) is 6.17. The van der Waals surface area contributed by atoms with Crippen molar-refractivity contribution in [2.24, 2.45) is 5.73 Å². The molecule has 5 rings (SSSR count). The lowest BCUT2D eigenvalue weighted by atomic mass is 10.1. The van der Waals surface area contributed by atoms with Crippen molar-refractivity contribution >= 4 is 46.3 Å². The third kappa shape index (κ3) is 7.08. The van der Waals surface area contributed by atoms with E-state index in [1.165, 1.54) is 10.7 Å². The summed E-state index contributed by atoms with van der Waals surface area (Å²) in [6, 6.07) is 7.02. The van der Waals surface area contributed by atoms with Gasteiger partial charge in [-0.3, -0.25) is 4.79 Å². The monoisotopic (exact) mass is 587 g/mol. The number of benzene rings is 1. The number of fused-ring (bicyclic) bond motifs is 1. The topological polar surface area (TPSA) is 138 Å². The predicted octanol–water partition coefficient (Wildman–Crippen LogP) is 2.98. The smallest absolute Gasteiger partial charge is 0.475 e. The van der Waals surface area contributed by atoms with Crippen molar-refractivity contribution in [3.05, 3.63) is 47.2 Å². The number of aliphatic carboxylic acids is 1. The van der Waals surface area contributed by atoms with Gasteiger partial charge in [0.1, 0.15) is 17.6 Å². The minimum absolute atomic E-state index is 0.220. The molecule has 0 aliphatic carbocycles. The fraction of sp³-hybridized carbons (Fsp3) is 0.417. The lowest BCUT2D eigenvalue weighted by molar-refractivity contribution is -0.192. The molecule has 2 fully saturated rings. The van der Waals surface area contributed by atoms with Gasteiger partial charge in [-0.1, -0.05) is 11.6 Å². The van der Waals surface area contributed by atoms with Gasteiger partial charge in [-0.25, -0.2) is 18.7 Å². The van der Waals surface area contributed by atoms with E-state index in [1.54, 1.807) is 23.2 Å². The normalized spacial score (nSPS) is 19.6. The summed E-state index contributed by atoms with van der Waals surface area (Å²) in [5, 5.41) is 14.6. The maximum absolute atomic E-state index is 14.0. The van der Waals surface area contributed by atoms with Gasteiger partial charge >= 0.3 is 12.1 Å². The van der Waals surface area contributed by atoms with Crippen LogP contribution in [0.1, 0.15) is 16.8 Å². The van der Waals surface area contributed by atoms with Gasteiger partial charge in [0.05, 0.1) is 36.7 Å². The molecule has 216 valence electrons. The molecule has 0 spiro atoms. The van der Waals surface area contributed by atoms with Crippen LogP contribution in [0.3, 0.4) is 0 Å². The highest BCUT2D eigenvalue weighted by molar-refractivity contribution is 6.34. The van der Waals surface area contributed by atoms with Gasteiger partial charge in [-0.15, -0.1) is 0 Å². The second-order valence-electron chi connectivity index (χ2n) is 9.13. The Balaban J connectivity index is 0.000000470. The molecule has 16 heteroatoms. The Labute approximate surface area is 230 Å². The molecule has 1 amide bonds. The molecule has 2 saturated heterocycles. The molecule has 4 heterocycles. The minimum atomic E-state index is -5.08. The van der Waals surface area contributed by atoms with Crippen molar-refractivity contribution in [3.63, 3.8) is 0 Å². The largest absolute Gasteiger partial charge is 0.490 e. The number of anilines is 3. The number of piperidine rings is 1. The highest BCUT2D eigenvalue weighted by atomic mass is 35.5. The maximum Gasteiger partial charge on any atom is 0.490 e. The second kappa shape index (κ2) is 12.2. The van der Waals surface area contributed by atoms with Gasteiger partial charge in [-0.05, 0) is 30.7 Å². The molecule has 0 bridgehead atoms. The number of nitrogens with zero attached hydrogens (tertiary/aromatic N) is 5. The quantitative estimate of drug-likeness (QED) is 0.393. The molecule has 2 aliphatic heterocycles. The molecule has 40 heavy (non-hydrogen) atoms. The Morgan fingerprint density at radius 2 is 1.85 bits per heavy atom. The first kappa shape index (κ1) is 29.3. The van der Waals surface area contributed by atoms with E-state index in [2.05, 4.69) is 20.3 Å². The summed E-state index contributed by atoms with van der Waals surface area (Å²) in [6.07, 6.45) is -2.60. The molecule has 0 radical (unpaired) electrons. The first-order valence-corrected chi connectivity index (χ1v) is 12.5. The van der Waals surface area contributed by atoms with Crippen molar-refractivity contribution in [1.82, 2.24) is 14.6 Å².